The Morgan fingerprint density at radius 1 is 0.585 bits per heavy atom. The lowest BCUT2D eigenvalue weighted by atomic mass is 9.91. The van der Waals surface area contributed by atoms with Gasteiger partial charge in [0.15, 0.2) is 0 Å². The predicted molar refractivity (Wildman–Crippen MR) is 361 cm³/mol. The molecule has 0 aromatic heterocycles. The Labute approximate surface area is 561 Å². The van der Waals surface area contributed by atoms with Gasteiger partial charge >= 0.3 is 6.09 Å². The monoisotopic (exact) mass is 1330 g/mol. The number of amides is 12. The summed E-state index contributed by atoms with van der Waals surface area (Å²) in [5, 5.41) is 25.8. The van der Waals surface area contributed by atoms with Gasteiger partial charge in [-0.2, -0.15) is 0 Å². The SMILES string of the molecule is C/C=C/CC(C)C(O)[C@H]1C(=O)N[C@@H](CC)C(=O)N(C)CC(=O)N(C)[C@@H](CC(C)(C)OC(=O)NCCN(C)C)C(=O)N[C@@H](C(C)C)C(=O)N(C)[C@@H](CC(C)C)C(=O)N[C@@H](C)C(=O)N[C@H](C)C(=O)N(C)[C@@H](CC(C)C)C(=O)N(C)[C@@H](CC(C)C)C(=O)N(C)[C@@H](C(C)C)C(=O)N1C. The summed E-state index contributed by atoms with van der Waals surface area (Å²) in [5.74, 6) is -10.6. The van der Waals surface area contributed by atoms with Crippen molar-refractivity contribution >= 4 is 71.1 Å². The Kier molecular flexibility index (Phi) is 34.9. The number of alkyl carbamates (subject to hydrolysis) is 1. The molecule has 1 aliphatic rings. The van der Waals surface area contributed by atoms with E-state index in [1.165, 1.54) is 96.6 Å². The maximum absolute atomic E-state index is 15.2. The van der Waals surface area contributed by atoms with Gasteiger partial charge in [-0.1, -0.05) is 95.2 Å². The van der Waals surface area contributed by atoms with Crippen LogP contribution in [-0.4, -0.2) is 271 Å². The van der Waals surface area contributed by atoms with Crippen LogP contribution in [0.25, 0.3) is 0 Å². The Morgan fingerprint density at radius 2 is 1.05 bits per heavy atom. The van der Waals surface area contributed by atoms with Gasteiger partial charge in [-0.3, -0.25) is 52.7 Å². The minimum absolute atomic E-state index is 0.0379. The highest BCUT2D eigenvalue weighted by atomic mass is 16.6. The second-order valence-electron chi connectivity index (χ2n) is 28.5. The van der Waals surface area contributed by atoms with Gasteiger partial charge in [-0.15, -0.1) is 0 Å². The van der Waals surface area contributed by atoms with Crippen LogP contribution in [0.3, 0.4) is 0 Å². The third kappa shape index (κ3) is 25.0. The molecule has 1 aliphatic heterocycles. The first-order valence-electron chi connectivity index (χ1n) is 33.3. The Morgan fingerprint density at radius 3 is 1.53 bits per heavy atom. The number of carbonyl (C=O) groups excluding carboxylic acids is 12. The number of carbonyl (C=O) groups is 12. The van der Waals surface area contributed by atoms with Crippen LogP contribution in [0.2, 0.25) is 0 Å². The summed E-state index contributed by atoms with van der Waals surface area (Å²) < 4.78 is 5.82. The van der Waals surface area contributed by atoms with E-state index in [1.54, 1.807) is 60.6 Å². The van der Waals surface area contributed by atoms with E-state index in [0.717, 1.165) is 14.7 Å². The average molecular weight is 1330 g/mol. The molecule has 538 valence electrons. The molecule has 0 radical (unpaired) electrons. The third-order valence-electron chi connectivity index (χ3n) is 17.3. The van der Waals surface area contributed by atoms with Gasteiger partial charge in [0.25, 0.3) is 0 Å². The van der Waals surface area contributed by atoms with Crippen LogP contribution in [0.1, 0.15) is 156 Å². The van der Waals surface area contributed by atoms with Crippen LogP contribution in [0.5, 0.6) is 0 Å². The number of hydrogen-bond donors (Lipinski definition) is 6. The third-order valence-corrected chi connectivity index (χ3v) is 17.3. The molecule has 1 saturated heterocycles. The van der Waals surface area contributed by atoms with Crippen molar-refractivity contribution in [2.75, 3.05) is 83.1 Å². The number of rotatable bonds is 19. The van der Waals surface area contributed by atoms with Crippen LogP contribution < -0.4 is 26.6 Å². The number of aliphatic hydroxyl groups is 1. The Balaban J connectivity index is 4.44. The van der Waals surface area contributed by atoms with Gasteiger partial charge in [0.2, 0.25) is 65.0 Å². The van der Waals surface area contributed by atoms with Gasteiger partial charge < -0.3 is 75.6 Å². The number of allylic oxidation sites excluding steroid dienone is 2. The summed E-state index contributed by atoms with van der Waals surface area (Å²) in [6.45, 7) is 28.9. The van der Waals surface area contributed by atoms with Crippen LogP contribution in [0.15, 0.2) is 12.2 Å². The van der Waals surface area contributed by atoms with Crippen molar-refractivity contribution in [1.29, 1.82) is 0 Å². The summed E-state index contributed by atoms with van der Waals surface area (Å²) in [6, 6.07) is -13.2. The van der Waals surface area contributed by atoms with E-state index >= 15 is 14.4 Å². The maximum atomic E-state index is 15.2. The number of nitrogens with one attached hydrogen (secondary N) is 5. The lowest BCUT2D eigenvalue weighted by Crippen LogP contribution is -2.63. The first-order valence-corrected chi connectivity index (χ1v) is 33.3. The van der Waals surface area contributed by atoms with E-state index in [0.29, 0.717) is 6.54 Å². The zero-order chi connectivity index (χ0) is 72.9. The number of hydrogen-bond acceptors (Lipinski definition) is 15. The minimum atomic E-state index is -1.66. The lowest BCUT2D eigenvalue weighted by Gasteiger charge is -2.41. The summed E-state index contributed by atoms with van der Waals surface area (Å²) in [6.07, 6.45) is 1.47. The van der Waals surface area contributed by atoms with E-state index in [9.17, 15) is 48.3 Å². The fourth-order valence-corrected chi connectivity index (χ4v) is 11.4. The van der Waals surface area contributed by atoms with Crippen molar-refractivity contribution in [2.24, 2.45) is 35.5 Å². The molecule has 2 unspecified atom stereocenters. The molecule has 12 atom stereocenters. The highest BCUT2D eigenvalue weighted by molar-refractivity contribution is 5.99. The molecule has 27 nitrogen and oxygen atoms in total. The second-order valence-corrected chi connectivity index (χ2v) is 28.5. The average Bonchev–Trinajstić information content (AvgIpc) is 0.810. The van der Waals surface area contributed by atoms with Gasteiger partial charge in [0.1, 0.15) is 66.0 Å². The van der Waals surface area contributed by atoms with Gasteiger partial charge in [-0.25, -0.2) is 4.79 Å². The summed E-state index contributed by atoms with van der Waals surface area (Å²) in [4.78, 5) is 185. The molecule has 6 N–H and O–H groups in total. The smallest absolute Gasteiger partial charge is 0.407 e. The molecule has 0 aromatic rings. The van der Waals surface area contributed by atoms with Crippen molar-refractivity contribution in [3.63, 3.8) is 0 Å². The van der Waals surface area contributed by atoms with Crippen LogP contribution in [-0.2, 0) is 57.5 Å². The molecule has 1 heterocycles. The van der Waals surface area contributed by atoms with Crippen LogP contribution in [0, 0.1) is 35.5 Å². The quantitative estimate of drug-likeness (QED) is 0.101. The topological polar surface area (TPSA) is 320 Å². The van der Waals surface area contributed by atoms with Gasteiger partial charge in [0, 0.05) is 68.8 Å². The number of aliphatic hydroxyl groups excluding tert-OH is 1. The molecule has 1 fully saturated rings. The standard InChI is InChI=1S/C67H121N13O14/c1-27-29-30-43(13)55(82)54-59(86)71-46(28-2)61(88)74(20)37-51(81)75(21)50(36-67(16,17)94-66(93)68-31-32-73(18)19)58(85)72-52(41(9)10)64(91)76(22)47(33-38(3)4)57(84)69-44(14)56(83)70-45(15)60(87)77(23)48(34-39(5)6)62(89)78(24)49(35-40(7)8)63(90)79(25)53(42(11)12)65(92)80(54)26/h27,29,38-50,52-55,82H,28,30-37H2,1-26H3,(H,68,93)(H,69,84)(H,70,83)(H,71,86)(H,72,85)/b29-27+/t43?,44-,45+,46-,47-,48-,49-,50-,52-,53-,54-,55?/m0/s1. The summed E-state index contributed by atoms with van der Waals surface area (Å²) >= 11 is 0. The van der Waals surface area contributed by atoms with Crippen LogP contribution >= 0.6 is 0 Å². The first-order chi connectivity index (χ1) is 43.3. The number of ether oxygens (including phenoxy) is 1. The molecule has 12 amide bonds. The molecule has 94 heavy (non-hydrogen) atoms. The highest BCUT2D eigenvalue weighted by Gasteiger charge is 2.46. The molecule has 0 saturated carbocycles. The molecular weight excluding hydrogens is 1210 g/mol. The van der Waals surface area contributed by atoms with Crippen molar-refractivity contribution in [1.82, 2.24) is 65.8 Å². The molecule has 0 bridgehead atoms. The Hall–Kier alpha value is -6.90. The molecule has 27 heteroatoms. The Bertz CT molecular complexity index is 2610. The molecule has 0 aromatic carbocycles. The minimum Gasteiger partial charge on any atom is -0.443 e. The van der Waals surface area contributed by atoms with E-state index in [2.05, 4.69) is 26.6 Å². The van der Waals surface area contributed by atoms with Gasteiger partial charge in [0.05, 0.1) is 12.6 Å². The van der Waals surface area contributed by atoms with E-state index in [1.807, 2.05) is 60.5 Å². The van der Waals surface area contributed by atoms with Crippen molar-refractivity contribution < 1.29 is 67.4 Å². The van der Waals surface area contributed by atoms with Crippen molar-refractivity contribution in [3.05, 3.63) is 12.2 Å². The van der Waals surface area contributed by atoms with Crippen molar-refractivity contribution in [3.8, 4) is 0 Å². The fraction of sp³-hybridized carbons (Fsp3) is 0.791. The molecule has 1 rings (SSSR count). The zero-order valence-electron chi connectivity index (χ0n) is 61.7. The normalized spacial score (nSPS) is 25.5. The summed E-state index contributed by atoms with van der Waals surface area (Å²) in [5.41, 5.74) is -1.46. The number of likely N-dealkylation sites (N-methyl/N-ethyl adjacent to an activating group) is 8. The maximum Gasteiger partial charge on any atom is 0.407 e. The predicted octanol–water partition coefficient (Wildman–Crippen LogP) is 2.68. The highest BCUT2D eigenvalue weighted by Crippen LogP contribution is 2.27. The molecular formula is C67H121N13O14. The van der Waals surface area contributed by atoms with E-state index in [-0.39, 0.29) is 62.8 Å². The van der Waals surface area contributed by atoms with Crippen LogP contribution in [0.4, 0.5) is 4.79 Å². The molecule has 0 aliphatic carbocycles. The van der Waals surface area contributed by atoms with Crippen molar-refractivity contribution in [2.45, 2.75) is 228 Å². The number of nitrogens with zero attached hydrogens (tertiary/aromatic N) is 8. The fourth-order valence-electron chi connectivity index (χ4n) is 11.4. The molecule has 0 spiro atoms. The first kappa shape index (κ1) is 85.1. The van der Waals surface area contributed by atoms with E-state index in [4.69, 9.17) is 4.74 Å². The van der Waals surface area contributed by atoms with Gasteiger partial charge in [-0.05, 0) is 116 Å². The lowest BCUT2D eigenvalue weighted by molar-refractivity contribution is -0.157. The zero-order valence-corrected chi connectivity index (χ0v) is 61.7. The second kappa shape index (κ2) is 38.6. The summed E-state index contributed by atoms with van der Waals surface area (Å²) in [7, 11) is 13.3. The van der Waals surface area contributed by atoms with E-state index < -0.39 is 167 Å². The largest absolute Gasteiger partial charge is 0.443 e.